The molecule has 0 aliphatic heterocycles. The molecule has 1 atom stereocenters. The molecule has 1 unspecified atom stereocenters. The fraction of sp³-hybridized carbons (Fsp3) is 0.160. The van der Waals surface area contributed by atoms with Crippen molar-refractivity contribution in [2.45, 2.75) is 19.4 Å². The van der Waals surface area contributed by atoms with Crippen molar-refractivity contribution in [1.82, 2.24) is 10.3 Å². The maximum absolute atomic E-state index is 13.2. The summed E-state index contributed by atoms with van der Waals surface area (Å²) in [6, 6.07) is 20.1. The molecule has 2 amide bonds. The molecule has 2 heterocycles. The molecule has 0 radical (unpaired) electrons. The summed E-state index contributed by atoms with van der Waals surface area (Å²) in [5, 5.41) is 8.10. The molecule has 0 saturated heterocycles. The molecule has 0 saturated carbocycles. The van der Waals surface area contributed by atoms with Crippen LogP contribution < -0.4 is 15.4 Å². The first-order valence-corrected chi connectivity index (χ1v) is 12.0. The summed E-state index contributed by atoms with van der Waals surface area (Å²) in [5.41, 5.74) is 2.70. The van der Waals surface area contributed by atoms with Gasteiger partial charge in [0, 0.05) is 16.9 Å². The number of carbonyl (C=O) groups excluding carboxylic acids is 2. The van der Waals surface area contributed by atoms with E-state index in [0.29, 0.717) is 16.4 Å². The van der Waals surface area contributed by atoms with E-state index in [1.165, 1.54) is 22.7 Å². The molecular formula is C25H23N3O3S2. The number of carbonyl (C=O) groups is 2. The Morgan fingerprint density at radius 3 is 2.45 bits per heavy atom. The number of benzene rings is 2. The highest BCUT2D eigenvalue weighted by atomic mass is 32.1. The Labute approximate surface area is 200 Å². The Hall–Kier alpha value is -3.49. The molecule has 8 heteroatoms. The maximum Gasteiger partial charge on any atom is 0.262 e. The summed E-state index contributed by atoms with van der Waals surface area (Å²) < 4.78 is 5.22. The SMILES string of the molecule is COc1ccc(-c2nc(NC(=O)C(Cc3ccccc3)NC(=O)c3cccs3)sc2C)cc1. The number of hydrogen-bond donors (Lipinski definition) is 2. The van der Waals surface area contributed by atoms with E-state index in [4.69, 9.17) is 4.74 Å². The van der Waals surface area contributed by atoms with E-state index in [0.717, 1.165) is 27.4 Å². The second-order valence-electron chi connectivity index (χ2n) is 7.33. The third-order valence-electron chi connectivity index (χ3n) is 5.04. The van der Waals surface area contributed by atoms with Crippen molar-refractivity contribution in [3.8, 4) is 17.0 Å². The highest BCUT2D eigenvalue weighted by Gasteiger charge is 2.24. The average Bonchev–Trinajstić information content (AvgIpc) is 3.49. The van der Waals surface area contributed by atoms with Gasteiger partial charge in [-0.1, -0.05) is 36.4 Å². The van der Waals surface area contributed by atoms with E-state index in [2.05, 4.69) is 15.6 Å². The molecule has 0 spiro atoms. The van der Waals surface area contributed by atoms with Gasteiger partial charge in [-0.25, -0.2) is 4.98 Å². The lowest BCUT2D eigenvalue weighted by Gasteiger charge is -2.17. The molecule has 2 aromatic carbocycles. The molecule has 0 fully saturated rings. The van der Waals surface area contributed by atoms with E-state index < -0.39 is 6.04 Å². The number of nitrogens with zero attached hydrogens (tertiary/aromatic N) is 1. The number of nitrogens with one attached hydrogen (secondary N) is 2. The number of aromatic nitrogens is 1. The van der Waals surface area contributed by atoms with Crippen LogP contribution in [-0.2, 0) is 11.2 Å². The zero-order chi connectivity index (χ0) is 23.2. The third-order valence-corrected chi connectivity index (χ3v) is 6.79. The standard InChI is InChI=1S/C25H23N3O3S2/c1-16-22(18-10-12-19(31-2)13-11-18)27-25(33-16)28-23(29)20(15-17-7-4-3-5-8-17)26-24(30)21-9-6-14-32-21/h3-14,20H,15H2,1-2H3,(H,26,30)(H,27,28,29). The fourth-order valence-corrected chi connectivity index (χ4v) is 4.82. The van der Waals surface area contributed by atoms with Crippen LogP contribution in [0, 0.1) is 6.92 Å². The molecule has 0 aliphatic rings. The van der Waals surface area contributed by atoms with Gasteiger partial charge in [0.05, 0.1) is 17.7 Å². The summed E-state index contributed by atoms with van der Waals surface area (Å²) >= 11 is 2.74. The molecule has 0 bridgehead atoms. The first-order valence-electron chi connectivity index (χ1n) is 10.3. The summed E-state index contributed by atoms with van der Waals surface area (Å²) in [6.45, 7) is 1.97. The highest BCUT2D eigenvalue weighted by Crippen LogP contribution is 2.31. The monoisotopic (exact) mass is 477 g/mol. The van der Waals surface area contributed by atoms with Gasteiger partial charge in [-0.3, -0.25) is 9.59 Å². The Bertz CT molecular complexity index is 1220. The van der Waals surface area contributed by atoms with E-state index >= 15 is 0 Å². The highest BCUT2D eigenvalue weighted by molar-refractivity contribution is 7.16. The first kappa shape index (κ1) is 22.7. The molecule has 6 nitrogen and oxygen atoms in total. The first-order chi connectivity index (χ1) is 16.0. The van der Waals surface area contributed by atoms with Crippen molar-refractivity contribution in [2.75, 3.05) is 12.4 Å². The molecule has 33 heavy (non-hydrogen) atoms. The van der Waals surface area contributed by atoms with Crippen LogP contribution in [-0.4, -0.2) is 29.9 Å². The number of thiazole rings is 1. The number of anilines is 1. The van der Waals surface area contributed by atoms with Crippen molar-refractivity contribution in [2.24, 2.45) is 0 Å². The minimum atomic E-state index is -0.740. The smallest absolute Gasteiger partial charge is 0.262 e. The van der Waals surface area contributed by atoms with Gasteiger partial charge in [0.25, 0.3) is 5.91 Å². The summed E-state index contributed by atoms with van der Waals surface area (Å²) in [5.74, 6) is 0.194. The molecule has 4 aromatic rings. The van der Waals surface area contributed by atoms with Crippen molar-refractivity contribution < 1.29 is 14.3 Å². The van der Waals surface area contributed by atoms with Crippen molar-refractivity contribution in [1.29, 1.82) is 0 Å². The van der Waals surface area contributed by atoms with Crippen LogP contribution in [0.2, 0.25) is 0 Å². The predicted octanol–water partition coefficient (Wildman–Crippen LogP) is 5.17. The lowest BCUT2D eigenvalue weighted by Crippen LogP contribution is -2.45. The summed E-state index contributed by atoms with van der Waals surface area (Å²) in [4.78, 5) is 32.0. The number of amides is 2. The van der Waals surface area contributed by atoms with Gasteiger partial charge in [-0.15, -0.1) is 22.7 Å². The van der Waals surface area contributed by atoms with Gasteiger partial charge in [-0.2, -0.15) is 0 Å². The van der Waals surface area contributed by atoms with Crippen LogP contribution >= 0.6 is 22.7 Å². The maximum atomic E-state index is 13.2. The Balaban J connectivity index is 1.52. The third kappa shape index (κ3) is 5.66. The lowest BCUT2D eigenvalue weighted by molar-refractivity contribution is -0.118. The summed E-state index contributed by atoms with van der Waals surface area (Å²) in [7, 11) is 1.62. The van der Waals surface area contributed by atoms with Crippen LogP contribution in [0.15, 0.2) is 72.1 Å². The van der Waals surface area contributed by atoms with Gasteiger partial charge in [0.15, 0.2) is 5.13 Å². The molecule has 2 N–H and O–H groups in total. The number of rotatable bonds is 8. The van der Waals surface area contributed by atoms with E-state index in [9.17, 15) is 9.59 Å². The topological polar surface area (TPSA) is 80.3 Å². The Morgan fingerprint density at radius 1 is 1.03 bits per heavy atom. The van der Waals surface area contributed by atoms with Gasteiger partial charge < -0.3 is 15.4 Å². The number of ether oxygens (including phenoxy) is 1. The molecule has 4 rings (SSSR count). The zero-order valence-electron chi connectivity index (χ0n) is 18.2. The van der Waals surface area contributed by atoms with E-state index in [1.54, 1.807) is 13.2 Å². The molecule has 0 aliphatic carbocycles. The summed E-state index contributed by atoms with van der Waals surface area (Å²) in [6.07, 6.45) is 0.374. The fourth-order valence-electron chi connectivity index (χ4n) is 3.36. The number of methoxy groups -OCH3 is 1. The van der Waals surface area contributed by atoms with Gasteiger partial charge >= 0.3 is 0 Å². The van der Waals surface area contributed by atoms with E-state index in [-0.39, 0.29) is 11.8 Å². The van der Waals surface area contributed by atoms with Crippen molar-refractivity contribution in [3.63, 3.8) is 0 Å². The molecule has 168 valence electrons. The average molecular weight is 478 g/mol. The largest absolute Gasteiger partial charge is 0.497 e. The minimum absolute atomic E-state index is 0.268. The van der Waals surface area contributed by atoms with Crippen LogP contribution in [0.5, 0.6) is 5.75 Å². The Kier molecular flexibility index (Phi) is 7.16. The van der Waals surface area contributed by atoms with Crippen molar-refractivity contribution in [3.05, 3.63) is 87.4 Å². The number of hydrogen-bond acceptors (Lipinski definition) is 6. The normalized spacial score (nSPS) is 11.6. The predicted molar refractivity (Wildman–Crippen MR) is 133 cm³/mol. The van der Waals surface area contributed by atoms with Crippen LogP contribution in [0.3, 0.4) is 0 Å². The Morgan fingerprint density at radius 2 is 1.79 bits per heavy atom. The molecular weight excluding hydrogens is 454 g/mol. The van der Waals surface area contributed by atoms with Gasteiger partial charge in [0.1, 0.15) is 11.8 Å². The second-order valence-corrected chi connectivity index (χ2v) is 9.49. The second kappa shape index (κ2) is 10.4. The minimum Gasteiger partial charge on any atom is -0.497 e. The lowest BCUT2D eigenvalue weighted by atomic mass is 10.1. The van der Waals surface area contributed by atoms with Crippen LogP contribution in [0.1, 0.15) is 20.1 Å². The van der Waals surface area contributed by atoms with E-state index in [1.807, 2.05) is 73.0 Å². The van der Waals surface area contributed by atoms with Gasteiger partial charge in [-0.05, 0) is 48.2 Å². The van der Waals surface area contributed by atoms with Crippen molar-refractivity contribution >= 4 is 39.6 Å². The van der Waals surface area contributed by atoms with Crippen LogP contribution in [0.4, 0.5) is 5.13 Å². The zero-order valence-corrected chi connectivity index (χ0v) is 19.8. The molecule has 2 aromatic heterocycles. The number of aryl methyl sites for hydroxylation is 1. The van der Waals surface area contributed by atoms with Gasteiger partial charge in [0.2, 0.25) is 5.91 Å². The quantitative estimate of drug-likeness (QED) is 0.367. The number of thiophene rings is 1. The van der Waals surface area contributed by atoms with Crippen LogP contribution in [0.25, 0.3) is 11.3 Å².